The molecule has 26 heavy (non-hydrogen) atoms. The number of nitrogens with one attached hydrogen (secondary N) is 1. The first-order valence-electron chi connectivity index (χ1n) is 8.29. The summed E-state index contributed by atoms with van der Waals surface area (Å²) in [5, 5.41) is 6.74. The number of hydrogen-bond donors (Lipinski definition) is 1. The van der Waals surface area contributed by atoms with Gasteiger partial charge in [-0.1, -0.05) is 29.8 Å². The zero-order valence-corrected chi connectivity index (χ0v) is 17.8. The van der Waals surface area contributed by atoms with Crippen molar-refractivity contribution in [1.29, 1.82) is 0 Å². The molecular weight excluding hydrogens is 413 g/mol. The van der Waals surface area contributed by atoms with Crippen LogP contribution in [0.15, 0.2) is 29.6 Å². The third-order valence-electron chi connectivity index (χ3n) is 4.35. The Kier molecular flexibility index (Phi) is 9.90. The molecule has 0 aliphatic carbocycles. The number of piperidine rings is 1. The molecule has 2 heterocycles. The molecule has 0 spiro atoms. The summed E-state index contributed by atoms with van der Waals surface area (Å²) in [7, 11) is 1.96. The Labute approximate surface area is 176 Å². The number of halogens is 3. The van der Waals surface area contributed by atoms with E-state index >= 15 is 0 Å². The van der Waals surface area contributed by atoms with E-state index in [1.807, 2.05) is 41.6 Å². The van der Waals surface area contributed by atoms with Crippen LogP contribution in [0.3, 0.4) is 0 Å². The lowest BCUT2D eigenvalue weighted by Gasteiger charge is -2.32. The van der Waals surface area contributed by atoms with E-state index in [-0.39, 0.29) is 30.7 Å². The fraction of sp³-hybridized carbons (Fsp3) is 0.444. The summed E-state index contributed by atoms with van der Waals surface area (Å²) < 4.78 is 0. The largest absolute Gasteiger partial charge is 0.342 e. The van der Waals surface area contributed by atoms with Gasteiger partial charge in [-0.3, -0.25) is 4.79 Å². The molecule has 1 aromatic heterocycles. The van der Waals surface area contributed by atoms with Gasteiger partial charge in [-0.25, -0.2) is 4.98 Å². The monoisotopic (exact) mass is 435 g/mol. The Hall–Kier alpha value is -0.850. The van der Waals surface area contributed by atoms with Gasteiger partial charge in [-0.2, -0.15) is 0 Å². The topological polar surface area (TPSA) is 45.2 Å². The molecule has 2 aromatic rings. The highest BCUT2D eigenvalue weighted by Crippen LogP contribution is 2.30. The maximum absolute atomic E-state index is 12.6. The van der Waals surface area contributed by atoms with Crippen LogP contribution in [0.4, 0.5) is 0 Å². The van der Waals surface area contributed by atoms with E-state index in [1.165, 1.54) is 17.8 Å². The molecule has 1 fully saturated rings. The number of hydrogen-bond acceptors (Lipinski definition) is 4. The van der Waals surface area contributed by atoms with Crippen molar-refractivity contribution in [3.63, 3.8) is 0 Å². The normalized spacial score (nSPS) is 16.5. The van der Waals surface area contributed by atoms with Gasteiger partial charge >= 0.3 is 0 Å². The minimum absolute atomic E-state index is 0. The van der Waals surface area contributed by atoms with E-state index in [0.29, 0.717) is 17.4 Å². The second-order valence-electron chi connectivity index (χ2n) is 6.21. The molecule has 1 aromatic carbocycles. The molecule has 1 saturated heterocycles. The predicted molar refractivity (Wildman–Crippen MR) is 114 cm³/mol. The molecule has 0 radical (unpaired) electrons. The number of carbonyl (C=O) groups excluding carboxylic acids is 1. The predicted octanol–water partition coefficient (Wildman–Crippen LogP) is 4.31. The summed E-state index contributed by atoms with van der Waals surface area (Å²) in [6.45, 7) is 2.68. The van der Waals surface area contributed by atoms with Crippen molar-refractivity contribution in [2.24, 2.45) is 5.92 Å². The summed E-state index contributed by atoms with van der Waals surface area (Å²) in [6, 6.07) is 7.67. The van der Waals surface area contributed by atoms with Crippen molar-refractivity contribution in [3.8, 4) is 10.6 Å². The van der Waals surface area contributed by atoms with Crippen molar-refractivity contribution >= 4 is 53.7 Å². The Morgan fingerprint density at radius 1 is 1.38 bits per heavy atom. The standard InChI is InChI=1S/C18H22ClN3OS.2ClH/c1-20-10-13-5-4-8-22(11-13)17(23)9-14-12-24-18(21-14)15-6-2-3-7-16(15)19;;/h2-3,6-7,12-13,20H,4-5,8-11H2,1H3;2*1H. The third kappa shape index (κ3) is 5.83. The lowest BCUT2D eigenvalue weighted by Crippen LogP contribution is -2.43. The van der Waals surface area contributed by atoms with Crippen molar-refractivity contribution in [2.75, 3.05) is 26.7 Å². The lowest BCUT2D eigenvalue weighted by molar-refractivity contribution is -0.132. The van der Waals surface area contributed by atoms with E-state index < -0.39 is 0 Å². The van der Waals surface area contributed by atoms with E-state index in [4.69, 9.17) is 11.6 Å². The molecule has 1 amide bonds. The lowest BCUT2D eigenvalue weighted by atomic mass is 9.97. The van der Waals surface area contributed by atoms with Crippen molar-refractivity contribution in [3.05, 3.63) is 40.4 Å². The quantitative estimate of drug-likeness (QED) is 0.759. The number of aromatic nitrogens is 1. The first kappa shape index (κ1) is 23.2. The molecule has 3 rings (SSSR count). The Morgan fingerprint density at radius 3 is 2.88 bits per heavy atom. The van der Waals surface area contributed by atoms with E-state index in [2.05, 4.69) is 10.3 Å². The van der Waals surface area contributed by atoms with Gasteiger partial charge in [-0.05, 0) is 38.4 Å². The fourth-order valence-electron chi connectivity index (χ4n) is 3.16. The molecule has 8 heteroatoms. The van der Waals surface area contributed by atoms with Gasteiger partial charge in [0, 0.05) is 24.0 Å². The summed E-state index contributed by atoms with van der Waals surface area (Å²) in [5.74, 6) is 0.730. The third-order valence-corrected chi connectivity index (χ3v) is 5.61. The SMILES string of the molecule is CNCC1CCCN(C(=O)Cc2csc(-c3ccccc3Cl)n2)C1.Cl.Cl. The Bertz CT molecular complexity index is 708. The number of benzene rings is 1. The van der Waals surface area contributed by atoms with Gasteiger partial charge in [0.1, 0.15) is 5.01 Å². The number of carbonyl (C=O) groups is 1. The zero-order chi connectivity index (χ0) is 16.9. The van der Waals surface area contributed by atoms with Crippen LogP contribution >= 0.6 is 47.8 Å². The van der Waals surface area contributed by atoms with Crippen molar-refractivity contribution in [2.45, 2.75) is 19.3 Å². The molecular formula is C18H24Cl3N3OS. The first-order chi connectivity index (χ1) is 11.7. The van der Waals surface area contributed by atoms with Gasteiger partial charge in [0.2, 0.25) is 5.91 Å². The molecule has 1 atom stereocenters. The van der Waals surface area contributed by atoms with Crippen LogP contribution in [-0.2, 0) is 11.2 Å². The van der Waals surface area contributed by atoms with Gasteiger partial charge in [-0.15, -0.1) is 36.2 Å². The van der Waals surface area contributed by atoms with Crippen LogP contribution in [0.25, 0.3) is 10.6 Å². The van der Waals surface area contributed by atoms with Crippen LogP contribution in [-0.4, -0.2) is 42.5 Å². The van der Waals surface area contributed by atoms with Crippen LogP contribution < -0.4 is 5.32 Å². The second-order valence-corrected chi connectivity index (χ2v) is 7.47. The number of likely N-dealkylation sites (tertiary alicyclic amines) is 1. The van der Waals surface area contributed by atoms with E-state index in [9.17, 15) is 4.79 Å². The highest BCUT2D eigenvalue weighted by molar-refractivity contribution is 7.13. The molecule has 4 nitrogen and oxygen atoms in total. The molecule has 1 aliphatic rings. The minimum atomic E-state index is 0. The smallest absolute Gasteiger partial charge is 0.228 e. The van der Waals surface area contributed by atoms with Crippen molar-refractivity contribution in [1.82, 2.24) is 15.2 Å². The Balaban J connectivity index is 0.00000169. The average Bonchev–Trinajstić information content (AvgIpc) is 3.04. The number of rotatable bonds is 5. The molecule has 1 aliphatic heterocycles. The van der Waals surface area contributed by atoms with Crippen LogP contribution in [0.5, 0.6) is 0 Å². The fourth-order valence-corrected chi connectivity index (χ4v) is 4.30. The second kappa shape index (κ2) is 11.1. The Morgan fingerprint density at radius 2 is 2.15 bits per heavy atom. The van der Waals surface area contributed by atoms with Gasteiger partial charge in [0.05, 0.1) is 17.1 Å². The van der Waals surface area contributed by atoms with Crippen molar-refractivity contribution < 1.29 is 4.79 Å². The maximum Gasteiger partial charge on any atom is 0.228 e. The molecule has 1 N–H and O–H groups in total. The van der Waals surface area contributed by atoms with Gasteiger partial charge in [0.25, 0.3) is 0 Å². The van der Waals surface area contributed by atoms with Crippen LogP contribution in [0.2, 0.25) is 5.02 Å². The van der Waals surface area contributed by atoms with Gasteiger partial charge < -0.3 is 10.2 Å². The number of amides is 1. The van der Waals surface area contributed by atoms with E-state index in [0.717, 1.165) is 42.3 Å². The van der Waals surface area contributed by atoms with Gasteiger partial charge in [0.15, 0.2) is 0 Å². The summed E-state index contributed by atoms with van der Waals surface area (Å²) >= 11 is 7.76. The van der Waals surface area contributed by atoms with Crippen LogP contribution in [0, 0.1) is 5.92 Å². The maximum atomic E-state index is 12.6. The summed E-state index contributed by atoms with van der Waals surface area (Å²) in [6.07, 6.45) is 2.64. The molecule has 144 valence electrons. The number of thiazole rings is 1. The molecule has 1 unspecified atom stereocenters. The molecule has 0 saturated carbocycles. The van der Waals surface area contributed by atoms with Crippen LogP contribution in [0.1, 0.15) is 18.5 Å². The minimum Gasteiger partial charge on any atom is -0.342 e. The zero-order valence-electron chi connectivity index (χ0n) is 14.6. The summed E-state index contributed by atoms with van der Waals surface area (Å²) in [4.78, 5) is 19.2. The highest BCUT2D eigenvalue weighted by atomic mass is 35.5. The average molecular weight is 437 g/mol. The van der Waals surface area contributed by atoms with E-state index in [1.54, 1.807) is 0 Å². The highest BCUT2D eigenvalue weighted by Gasteiger charge is 2.23. The molecule has 0 bridgehead atoms. The summed E-state index contributed by atoms with van der Waals surface area (Å²) in [5.41, 5.74) is 1.76. The number of nitrogens with zero attached hydrogens (tertiary/aromatic N) is 2. The first-order valence-corrected chi connectivity index (χ1v) is 9.55.